The van der Waals surface area contributed by atoms with Crippen LogP contribution in [0.1, 0.15) is 43.6 Å². The second-order valence-electron chi connectivity index (χ2n) is 6.75. The molecule has 0 saturated carbocycles. The van der Waals surface area contributed by atoms with Crippen LogP contribution in [0.3, 0.4) is 0 Å². The molecule has 0 atom stereocenters. The summed E-state index contributed by atoms with van der Waals surface area (Å²) in [5.41, 5.74) is 0.0448. The number of pyridine rings is 1. The second kappa shape index (κ2) is 8.59. The van der Waals surface area contributed by atoms with E-state index in [9.17, 15) is 18.0 Å². The molecular formula is C17H25N3O5S. The number of rotatable bonds is 6. The zero-order valence-corrected chi connectivity index (χ0v) is 16.1. The van der Waals surface area contributed by atoms with Crippen molar-refractivity contribution < 1.29 is 22.7 Å². The van der Waals surface area contributed by atoms with E-state index in [0.29, 0.717) is 38.3 Å². The summed E-state index contributed by atoms with van der Waals surface area (Å²) in [5, 5.41) is 0. The van der Waals surface area contributed by atoms with Crippen LogP contribution in [-0.4, -0.2) is 56.4 Å². The van der Waals surface area contributed by atoms with Gasteiger partial charge in [0, 0.05) is 31.7 Å². The molecular weight excluding hydrogens is 358 g/mol. The van der Waals surface area contributed by atoms with Crippen LogP contribution in [-0.2, 0) is 19.6 Å². The molecule has 2 rings (SSSR count). The van der Waals surface area contributed by atoms with Crippen LogP contribution < -0.4 is 4.72 Å². The van der Waals surface area contributed by atoms with Gasteiger partial charge in [-0.05, 0) is 30.9 Å². The van der Waals surface area contributed by atoms with Gasteiger partial charge in [0.15, 0.2) is 0 Å². The van der Waals surface area contributed by atoms with Gasteiger partial charge in [-0.3, -0.25) is 4.79 Å². The predicted octanol–water partition coefficient (Wildman–Crippen LogP) is 1.18. The van der Waals surface area contributed by atoms with Gasteiger partial charge in [0.2, 0.25) is 15.9 Å². The van der Waals surface area contributed by atoms with E-state index in [4.69, 9.17) is 0 Å². The van der Waals surface area contributed by atoms with Crippen LogP contribution in [0.5, 0.6) is 0 Å². The molecule has 1 N–H and O–H groups in total. The minimum atomic E-state index is -3.73. The fourth-order valence-corrected chi connectivity index (χ4v) is 4.03. The van der Waals surface area contributed by atoms with E-state index in [1.54, 1.807) is 4.90 Å². The first kappa shape index (κ1) is 20.3. The van der Waals surface area contributed by atoms with Crippen molar-refractivity contribution in [1.29, 1.82) is 0 Å². The minimum Gasteiger partial charge on any atom is -0.464 e. The molecule has 1 aromatic rings. The SMILES string of the molecule is COC(=O)c1ccc(S(=O)(=O)NC2CCN(C(=O)CC(C)C)CC2)cn1. The Kier molecular flexibility index (Phi) is 6.71. The highest BCUT2D eigenvalue weighted by atomic mass is 32.2. The molecule has 1 aromatic heterocycles. The van der Waals surface area contributed by atoms with Crippen molar-refractivity contribution in [3.63, 3.8) is 0 Å². The lowest BCUT2D eigenvalue weighted by Crippen LogP contribution is -2.46. The molecule has 1 fully saturated rings. The Morgan fingerprint density at radius 3 is 2.46 bits per heavy atom. The van der Waals surface area contributed by atoms with Gasteiger partial charge in [0.25, 0.3) is 0 Å². The van der Waals surface area contributed by atoms with E-state index in [-0.39, 0.29) is 22.5 Å². The van der Waals surface area contributed by atoms with Crippen molar-refractivity contribution in [2.45, 2.75) is 44.0 Å². The van der Waals surface area contributed by atoms with Crippen LogP contribution in [0.15, 0.2) is 23.2 Å². The standard InChI is InChI=1S/C17H25N3O5S/c1-12(2)10-16(21)20-8-6-13(7-9-20)19-26(23,24)14-4-5-15(18-11-14)17(22)25-3/h4-5,11-13,19H,6-10H2,1-3H3. The first-order chi connectivity index (χ1) is 12.2. The molecule has 9 heteroatoms. The summed E-state index contributed by atoms with van der Waals surface area (Å²) in [6, 6.07) is 2.40. The zero-order chi connectivity index (χ0) is 19.3. The van der Waals surface area contributed by atoms with Crippen molar-refractivity contribution in [3.8, 4) is 0 Å². The number of nitrogens with zero attached hydrogens (tertiary/aromatic N) is 2. The van der Waals surface area contributed by atoms with Crippen LogP contribution in [0, 0.1) is 5.92 Å². The lowest BCUT2D eigenvalue weighted by molar-refractivity contribution is -0.133. The number of aromatic nitrogens is 1. The lowest BCUT2D eigenvalue weighted by Gasteiger charge is -2.32. The molecule has 144 valence electrons. The molecule has 26 heavy (non-hydrogen) atoms. The molecule has 0 aliphatic carbocycles. The third kappa shape index (κ3) is 5.25. The van der Waals surface area contributed by atoms with Crippen LogP contribution in [0.4, 0.5) is 0 Å². The Hall–Kier alpha value is -2.00. The van der Waals surface area contributed by atoms with E-state index in [2.05, 4.69) is 14.4 Å². The first-order valence-electron chi connectivity index (χ1n) is 8.57. The maximum absolute atomic E-state index is 12.5. The monoisotopic (exact) mass is 383 g/mol. The lowest BCUT2D eigenvalue weighted by atomic mass is 10.0. The van der Waals surface area contributed by atoms with Gasteiger partial charge >= 0.3 is 5.97 Å². The quantitative estimate of drug-likeness (QED) is 0.740. The highest BCUT2D eigenvalue weighted by molar-refractivity contribution is 7.89. The Morgan fingerprint density at radius 1 is 1.31 bits per heavy atom. The number of hydrogen-bond acceptors (Lipinski definition) is 6. The van der Waals surface area contributed by atoms with Crippen LogP contribution in [0.25, 0.3) is 0 Å². The third-order valence-corrected chi connectivity index (χ3v) is 5.70. The number of carbonyl (C=O) groups excluding carboxylic acids is 2. The number of methoxy groups -OCH3 is 1. The number of hydrogen-bond donors (Lipinski definition) is 1. The van der Waals surface area contributed by atoms with Crippen molar-refractivity contribution >= 4 is 21.9 Å². The Morgan fingerprint density at radius 2 is 1.96 bits per heavy atom. The average molecular weight is 383 g/mol. The number of likely N-dealkylation sites (tertiary alicyclic amines) is 1. The number of carbonyl (C=O) groups is 2. The molecule has 0 unspecified atom stereocenters. The van der Waals surface area contributed by atoms with E-state index in [0.717, 1.165) is 6.20 Å². The van der Waals surface area contributed by atoms with Gasteiger partial charge in [-0.15, -0.1) is 0 Å². The van der Waals surface area contributed by atoms with Crippen molar-refractivity contribution in [2.75, 3.05) is 20.2 Å². The molecule has 1 amide bonds. The fourth-order valence-electron chi connectivity index (χ4n) is 2.78. The summed E-state index contributed by atoms with van der Waals surface area (Å²) in [4.78, 5) is 29.0. The summed E-state index contributed by atoms with van der Waals surface area (Å²) in [5.74, 6) is -0.205. The number of esters is 1. The predicted molar refractivity (Wildman–Crippen MR) is 95.0 cm³/mol. The van der Waals surface area contributed by atoms with Gasteiger partial charge in [0.05, 0.1) is 7.11 Å². The van der Waals surface area contributed by atoms with E-state index in [1.165, 1.54) is 19.2 Å². The molecule has 0 spiro atoms. The van der Waals surface area contributed by atoms with Gasteiger partial charge in [-0.25, -0.2) is 22.9 Å². The summed E-state index contributed by atoms with van der Waals surface area (Å²) in [6.07, 6.45) is 2.78. The normalized spacial score (nSPS) is 15.9. The number of ether oxygens (including phenoxy) is 1. The highest BCUT2D eigenvalue weighted by Gasteiger charge is 2.27. The molecule has 1 saturated heterocycles. The number of nitrogens with one attached hydrogen (secondary N) is 1. The average Bonchev–Trinajstić information content (AvgIpc) is 2.61. The Labute approximate surface area is 154 Å². The summed E-state index contributed by atoms with van der Waals surface area (Å²) < 4.78 is 32.1. The van der Waals surface area contributed by atoms with E-state index in [1.807, 2.05) is 13.8 Å². The third-order valence-electron chi connectivity index (χ3n) is 4.19. The topological polar surface area (TPSA) is 106 Å². The van der Waals surface area contributed by atoms with Crippen LogP contribution >= 0.6 is 0 Å². The fraction of sp³-hybridized carbons (Fsp3) is 0.588. The van der Waals surface area contributed by atoms with Crippen molar-refractivity contribution in [2.24, 2.45) is 5.92 Å². The maximum atomic E-state index is 12.5. The van der Waals surface area contributed by atoms with Gasteiger partial charge < -0.3 is 9.64 Å². The Balaban J connectivity index is 1.94. The van der Waals surface area contributed by atoms with Crippen molar-refractivity contribution in [3.05, 3.63) is 24.0 Å². The molecule has 2 heterocycles. The summed E-state index contributed by atoms with van der Waals surface area (Å²) in [7, 11) is -2.50. The summed E-state index contributed by atoms with van der Waals surface area (Å²) in [6.45, 7) is 5.08. The number of amides is 1. The maximum Gasteiger partial charge on any atom is 0.356 e. The zero-order valence-electron chi connectivity index (χ0n) is 15.3. The molecule has 0 radical (unpaired) electrons. The molecule has 0 bridgehead atoms. The molecule has 0 aromatic carbocycles. The first-order valence-corrected chi connectivity index (χ1v) is 10.1. The van der Waals surface area contributed by atoms with Crippen LogP contribution in [0.2, 0.25) is 0 Å². The van der Waals surface area contributed by atoms with Gasteiger partial charge in [0.1, 0.15) is 10.6 Å². The largest absolute Gasteiger partial charge is 0.464 e. The summed E-state index contributed by atoms with van der Waals surface area (Å²) >= 11 is 0. The second-order valence-corrected chi connectivity index (χ2v) is 8.46. The van der Waals surface area contributed by atoms with E-state index >= 15 is 0 Å². The van der Waals surface area contributed by atoms with Gasteiger partial charge in [-0.1, -0.05) is 13.8 Å². The minimum absolute atomic E-state index is 0.0107. The Bertz CT molecular complexity index is 738. The molecule has 8 nitrogen and oxygen atoms in total. The van der Waals surface area contributed by atoms with Crippen molar-refractivity contribution in [1.82, 2.24) is 14.6 Å². The van der Waals surface area contributed by atoms with Gasteiger partial charge in [-0.2, -0.15) is 0 Å². The number of piperidine rings is 1. The molecule has 1 aliphatic rings. The number of sulfonamides is 1. The van der Waals surface area contributed by atoms with E-state index < -0.39 is 16.0 Å². The highest BCUT2D eigenvalue weighted by Crippen LogP contribution is 2.16. The smallest absolute Gasteiger partial charge is 0.356 e. The molecule has 1 aliphatic heterocycles.